The third-order valence-electron chi connectivity index (χ3n) is 6.19. The van der Waals surface area contributed by atoms with E-state index in [2.05, 4.69) is 34.1 Å². The third-order valence-corrected chi connectivity index (χ3v) is 6.19. The Morgan fingerprint density at radius 2 is 1.63 bits per heavy atom. The first kappa shape index (κ1) is 20.7. The lowest BCUT2D eigenvalue weighted by atomic mass is 10.00. The number of ether oxygens (including phenoxy) is 2. The summed E-state index contributed by atoms with van der Waals surface area (Å²) >= 11 is 0. The molecule has 2 aromatic carbocycles. The van der Waals surface area contributed by atoms with Gasteiger partial charge in [-0.25, -0.2) is 0 Å². The molecule has 30 heavy (non-hydrogen) atoms. The summed E-state index contributed by atoms with van der Waals surface area (Å²) in [5.74, 6) is 1.98. The first-order valence-electron chi connectivity index (χ1n) is 10.7. The molecule has 4 rings (SSSR count). The lowest BCUT2D eigenvalue weighted by Gasteiger charge is -2.36. The lowest BCUT2D eigenvalue weighted by Crippen LogP contribution is -2.50. The molecule has 2 aromatic rings. The van der Waals surface area contributed by atoms with Crippen molar-refractivity contribution in [3.8, 4) is 11.5 Å². The third kappa shape index (κ3) is 4.77. The van der Waals surface area contributed by atoms with Gasteiger partial charge in [0, 0.05) is 51.4 Å². The molecule has 160 valence electrons. The number of hydrogen-bond donors (Lipinski definition) is 0. The molecule has 0 bridgehead atoms. The maximum Gasteiger partial charge on any atom is 0.237 e. The van der Waals surface area contributed by atoms with Crippen LogP contribution in [-0.2, 0) is 24.3 Å². The summed E-state index contributed by atoms with van der Waals surface area (Å²) in [5.41, 5.74) is 3.80. The molecule has 0 spiro atoms. The first-order chi connectivity index (χ1) is 14.7. The Morgan fingerprint density at radius 3 is 2.37 bits per heavy atom. The highest BCUT2D eigenvalue weighted by atomic mass is 16.5. The summed E-state index contributed by atoms with van der Waals surface area (Å²) in [6.45, 7) is 6.59. The quantitative estimate of drug-likeness (QED) is 0.733. The molecular weight excluding hydrogens is 378 g/mol. The van der Waals surface area contributed by atoms with E-state index in [0.29, 0.717) is 6.54 Å². The van der Waals surface area contributed by atoms with Gasteiger partial charge in [-0.2, -0.15) is 0 Å². The Hall–Kier alpha value is -2.57. The Bertz CT molecular complexity index is 878. The zero-order valence-electron chi connectivity index (χ0n) is 18.0. The summed E-state index contributed by atoms with van der Waals surface area (Å²) < 4.78 is 10.9. The molecule has 1 fully saturated rings. The fraction of sp³-hybridized carbons (Fsp3) is 0.458. The van der Waals surface area contributed by atoms with Crippen LogP contribution in [-0.4, -0.2) is 74.1 Å². The highest BCUT2D eigenvalue weighted by Gasteiger charge is 2.24. The summed E-state index contributed by atoms with van der Waals surface area (Å²) in [6, 6.07) is 14.4. The van der Waals surface area contributed by atoms with Gasteiger partial charge in [0.2, 0.25) is 5.91 Å². The van der Waals surface area contributed by atoms with Crippen LogP contribution in [0.5, 0.6) is 11.5 Å². The Balaban J connectivity index is 1.28. The average molecular weight is 410 g/mol. The maximum atomic E-state index is 12.8. The molecule has 0 radical (unpaired) electrons. The molecule has 6 nitrogen and oxygen atoms in total. The second-order valence-corrected chi connectivity index (χ2v) is 8.06. The number of rotatable bonds is 6. The van der Waals surface area contributed by atoms with Crippen molar-refractivity contribution in [2.24, 2.45) is 0 Å². The number of amides is 1. The molecule has 0 atom stereocenters. The molecule has 2 heterocycles. The molecule has 1 amide bonds. The van der Waals surface area contributed by atoms with Crippen molar-refractivity contribution in [3.63, 3.8) is 0 Å². The number of nitrogens with zero attached hydrogens (tertiary/aromatic N) is 3. The average Bonchev–Trinajstić information content (AvgIpc) is 2.80. The smallest absolute Gasteiger partial charge is 0.237 e. The van der Waals surface area contributed by atoms with Crippen LogP contribution in [0.1, 0.15) is 16.7 Å². The first-order valence-corrected chi connectivity index (χ1v) is 10.7. The number of benzene rings is 2. The van der Waals surface area contributed by atoms with Crippen molar-refractivity contribution in [1.29, 1.82) is 0 Å². The van der Waals surface area contributed by atoms with E-state index in [0.717, 1.165) is 69.3 Å². The molecule has 0 unspecified atom stereocenters. The van der Waals surface area contributed by atoms with Gasteiger partial charge in [-0.05, 0) is 35.7 Å². The fourth-order valence-electron chi connectivity index (χ4n) is 4.35. The largest absolute Gasteiger partial charge is 0.497 e. The Morgan fingerprint density at radius 1 is 0.900 bits per heavy atom. The predicted octanol–water partition coefficient (Wildman–Crippen LogP) is 2.41. The van der Waals surface area contributed by atoms with Crippen molar-refractivity contribution in [2.75, 3.05) is 53.5 Å². The van der Waals surface area contributed by atoms with E-state index in [1.807, 2.05) is 23.1 Å². The summed E-state index contributed by atoms with van der Waals surface area (Å²) in [7, 11) is 3.39. The van der Waals surface area contributed by atoms with Crippen molar-refractivity contribution < 1.29 is 14.3 Å². The van der Waals surface area contributed by atoms with Gasteiger partial charge in [-0.3, -0.25) is 14.6 Å². The molecule has 1 saturated heterocycles. The topological polar surface area (TPSA) is 45.3 Å². The molecule has 2 aliphatic heterocycles. The molecule has 0 aromatic heterocycles. The van der Waals surface area contributed by atoms with Crippen molar-refractivity contribution in [2.45, 2.75) is 19.5 Å². The predicted molar refractivity (Wildman–Crippen MR) is 117 cm³/mol. The van der Waals surface area contributed by atoms with Gasteiger partial charge >= 0.3 is 0 Å². The number of methoxy groups -OCH3 is 2. The number of carbonyl (C=O) groups excluding carboxylic acids is 1. The van der Waals surface area contributed by atoms with Crippen LogP contribution in [0, 0.1) is 0 Å². The molecule has 0 N–H and O–H groups in total. The van der Waals surface area contributed by atoms with Crippen LogP contribution in [0.2, 0.25) is 0 Å². The van der Waals surface area contributed by atoms with Crippen molar-refractivity contribution in [3.05, 3.63) is 59.2 Å². The molecule has 6 heteroatoms. The second kappa shape index (κ2) is 9.49. The minimum absolute atomic E-state index is 0.243. The van der Waals surface area contributed by atoms with Crippen LogP contribution in [0.4, 0.5) is 0 Å². The van der Waals surface area contributed by atoms with Gasteiger partial charge in [0.15, 0.2) is 0 Å². The van der Waals surface area contributed by atoms with Crippen LogP contribution >= 0.6 is 0 Å². The standard InChI is InChI=1S/C24H31N3O3/c1-29-22-7-8-23(30-2)21(15-22)16-25-11-13-26(14-12-25)18-24(28)27-10-9-19-5-3-4-6-20(19)17-27/h3-8,15H,9-14,16-18H2,1-2H3. The molecule has 2 aliphatic rings. The summed E-state index contributed by atoms with van der Waals surface area (Å²) in [5, 5.41) is 0. The summed E-state index contributed by atoms with van der Waals surface area (Å²) in [4.78, 5) is 19.5. The maximum absolute atomic E-state index is 12.8. The van der Waals surface area contributed by atoms with Crippen molar-refractivity contribution >= 4 is 5.91 Å². The minimum Gasteiger partial charge on any atom is -0.497 e. The zero-order valence-corrected chi connectivity index (χ0v) is 18.0. The van der Waals surface area contributed by atoms with Gasteiger partial charge in [-0.15, -0.1) is 0 Å². The highest BCUT2D eigenvalue weighted by Crippen LogP contribution is 2.25. The zero-order chi connectivity index (χ0) is 20.9. The van der Waals surface area contributed by atoms with E-state index in [9.17, 15) is 4.79 Å². The van der Waals surface area contributed by atoms with Crippen molar-refractivity contribution in [1.82, 2.24) is 14.7 Å². The fourth-order valence-corrected chi connectivity index (χ4v) is 4.35. The highest BCUT2D eigenvalue weighted by molar-refractivity contribution is 5.78. The van der Waals surface area contributed by atoms with Gasteiger partial charge in [-0.1, -0.05) is 24.3 Å². The number of hydrogen-bond acceptors (Lipinski definition) is 5. The SMILES string of the molecule is COc1ccc(OC)c(CN2CCN(CC(=O)N3CCc4ccccc4C3)CC2)c1. The minimum atomic E-state index is 0.243. The van der Waals surface area contributed by atoms with E-state index in [-0.39, 0.29) is 5.91 Å². The lowest BCUT2D eigenvalue weighted by molar-refractivity contribution is -0.133. The molecule has 0 aliphatic carbocycles. The van der Waals surface area contributed by atoms with E-state index in [1.165, 1.54) is 11.1 Å². The molecule has 0 saturated carbocycles. The monoisotopic (exact) mass is 409 g/mol. The second-order valence-electron chi connectivity index (χ2n) is 8.06. The van der Waals surface area contributed by atoms with E-state index >= 15 is 0 Å². The number of carbonyl (C=O) groups is 1. The normalized spacial score (nSPS) is 17.5. The van der Waals surface area contributed by atoms with Crippen LogP contribution in [0.3, 0.4) is 0 Å². The Kier molecular flexibility index (Phi) is 6.55. The van der Waals surface area contributed by atoms with Crippen LogP contribution in [0.25, 0.3) is 0 Å². The Labute approximate surface area is 179 Å². The van der Waals surface area contributed by atoms with Gasteiger partial charge in [0.1, 0.15) is 11.5 Å². The van der Waals surface area contributed by atoms with Gasteiger partial charge in [0.05, 0.1) is 20.8 Å². The van der Waals surface area contributed by atoms with Gasteiger partial charge in [0.25, 0.3) is 0 Å². The van der Waals surface area contributed by atoms with Crippen LogP contribution in [0.15, 0.2) is 42.5 Å². The summed E-state index contributed by atoms with van der Waals surface area (Å²) in [6.07, 6.45) is 0.956. The van der Waals surface area contributed by atoms with Gasteiger partial charge < -0.3 is 14.4 Å². The van der Waals surface area contributed by atoms with E-state index in [4.69, 9.17) is 9.47 Å². The van der Waals surface area contributed by atoms with Crippen LogP contribution < -0.4 is 9.47 Å². The van der Waals surface area contributed by atoms with E-state index < -0.39 is 0 Å². The van der Waals surface area contributed by atoms with E-state index in [1.54, 1.807) is 14.2 Å². The number of fused-ring (bicyclic) bond motifs is 1. The number of piperazine rings is 1. The molecular formula is C24H31N3O3.